The Morgan fingerprint density at radius 1 is 1.45 bits per heavy atom. The number of rotatable bonds is 6. The average Bonchev–Trinajstić information content (AvgIpc) is 2.42. The molecular formula is C14H21N3O3. The third kappa shape index (κ3) is 5.26. The number of amides is 2. The summed E-state index contributed by atoms with van der Waals surface area (Å²) in [7, 11) is 1.73. The number of nitrogens with one attached hydrogen (secondary N) is 1. The molecule has 0 radical (unpaired) electrons. The molecule has 20 heavy (non-hydrogen) atoms. The Bertz CT molecular complexity index is 474. The van der Waals surface area contributed by atoms with Gasteiger partial charge in [-0.2, -0.15) is 0 Å². The number of nitrogens with zero attached hydrogens (tertiary/aromatic N) is 2. The van der Waals surface area contributed by atoms with Crippen molar-refractivity contribution in [1.29, 1.82) is 0 Å². The predicted octanol–water partition coefficient (Wildman–Crippen LogP) is 1.97. The molecule has 0 spiro atoms. The Morgan fingerprint density at radius 2 is 2.15 bits per heavy atom. The van der Waals surface area contributed by atoms with Gasteiger partial charge in [-0.05, 0) is 24.5 Å². The third-order valence-electron chi connectivity index (χ3n) is 2.87. The monoisotopic (exact) mass is 279 g/mol. The van der Waals surface area contributed by atoms with Crippen molar-refractivity contribution in [3.8, 4) is 0 Å². The van der Waals surface area contributed by atoms with Gasteiger partial charge in [0.2, 0.25) is 0 Å². The second kappa shape index (κ2) is 7.47. The Kier molecular flexibility index (Phi) is 5.96. The third-order valence-corrected chi connectivity index (χ3v) is 2.87. The van der Waals surface area contributed by atoms with Crippen LogP contribution in [-0.4, -0.2) is 40.6 Å². The van der Waals surface area contributed by atoms with Crippen LogP contribution in [0.15, 0.2) is 18.3 Å². The summed E-state index contributed by atoms with van der Waals surface area (Å²) < 4.78 is 0. The number of aromatic nitrogens is 1. The minimum atomic E-state index is -1.01. The number of hydrogen-bond acceptors (Lipinski definition) is 3. The summed E-state index contributed by atoms with van der Waals surface area (Å²) in [5.41, 5.74) is 0.688. The van der Waals surface area contributed by atoms with E-state index in [2.05, 4.69) is 24.1 Å². The Balaban J connectivity index is 2.48. The van der Waals surface area contributed by atoms with Gasteiger partial charge in [-0.1, -0.05) is 13.8 Å². The zero-order chi connectivity index (χ0) is 15.1. The van der Waals surface area contributed by atoms with Crippen molar-refractivity contribution < 1.29 is 14.7 Å². The second-order valence-corrected chi connectivity index (χ2v) is 5.10. The zero-order valence-corrected chi connectivity index (χ0v) is 12.1. The van der Waals surface area contributed by atoms with E-state index in [1.165, 1.54) is 18.3 Å². The number of carbonyl (C=O) groups excluding carboxylic acids is 1. The lowest BCUT2D eigenvalue weighted by Crippen LogP contribution is -2.37. The maximum Gasteiger partial charge on any atom is 0.335 e. The summed E-state index contributed by atoms with van der Waals surface area (Å²) in [6, 6.07) is 2.69. The zero-order valence-electron chi connectivity index (χ0n) is 12.1. The molecule has 0 fully saturated rings. The van der Waals surface area contributed by atoms with Crippen LogP contribution in [0.25, 0.3) is 0 Å². The molecular weight excluding hydrogens is 258 g/mol. The number of pyridine rings is 1. The van der Waals surface area contributed by atoms with Gasteiger partial charge in [-0.25, -0.2) is 9.59 Å². The SMILES string of the molecule is CC(C)CCN(C)C(=O)NCc1cc(C(=O)O)ccn1. The topological polar surface area (TPSA) is 82.5 Å². The first-order chi connectivity index (χ1) is 9.40. The van der Waals surface area contributed by atoms with Crippen LogP contribution in [0.1, 0.15) is 36.3 Å². The minimum Gasteiger partial charge on any atom is -0.478 e. The van der Waals surface area contributed by atoms with E-state index in [0.717, 1.165) is 6.42 Å². The molecule has 110 valence electrons. The maximum atomic E-state index is 11.8. The lowest BCUT2D eigenvalue weighted by atomic mass is 10.1. The first-order valence-corrected chi connectivity index (χ1v) is 6.57. The molecule has 0 aliphatic heterocycles. The van der Waals surface area contributed by atoms with Crippen molar-refractivity contribution in [3.63, 3.8) is 0 Å². The summed E-state index contributed by atoms with van der Waals surface area (Å²) in [5.74, 6) is -0.465. The Hall–Kier alpha value is -2.11. The maximum absolute atomic E-state index is 11.8. The Morgan fingerprint density at radius 3 is 2.75 bits per heavy atom. The number of urea groups is 1. The number of carboxylic acids is 1. The van der Waals surface area contributed by atoms with Crippen molar-refractivity contribution in [1.82, 2.24) is 15.2 Å². The summed E-state index contributed by atoms with van der Waals surface area (Å²) >= 11 is 0. The molecule has 0 saturated carbocycles. The molecule has 0 aromatic carbocycles. The number of hydrogen-bond donors (Lipinski definition) is 2. The van der Waals surface area contributed by atoms with Crippen molar-refractivity contribution in [2.24, 2.45) is 5.92 Å². The van der Waals surface area contributed by atoms with E-state index in [1.54, 1.807) is 11.9 Å². The highest BCUT2D eigenvalue weighted by Gasteiger charge is 2.10. The van der Waals surface area contributed by atoms with Gasteiger partial charge >= 0.3 is 12.0 Å². The lowest BCUT2D eigenvalue weighted by Gasteiger charge is -2.18. The standard InChI is InChI=1S/C14H21N3O3/c1-10(2)5-7-17(3)14(20)16-9-12-8-11(13(18)19)4-6-15-12/h4,6,8,10H,5,7,9H2,1-3H3,(H,16,20)(H,18,19). The predicted molar refractivity (Wildman–Crippen MR) is 75.5 cm³/mol. The van der Waals surface area contributed by atoms with Gasteiger partial charge in [0.25, 0.3) is 0 Å². The summed E-state index contributed by atoms with van der Waals surface area (Å²) in [4.78, 5) is 28.3. The molecule has 6 nitrogen and oxygen atoms in total. The first kappa shape index (κ1) is 15.9. The van der Waals surface area contributed by atoms with Crippen LogP contribution in [0.5, 0.6) is 0 Å². The molecule has 1 aromatic rings. The van der Waals surface area contributed by atoms with Gasteiger partial charge in [0.15, 0.2) is 0 Å². The summed E-state index contributed by atoms with van der Waals surface area (Å²) in [6.07, 6.45) is 2.37. The van der Waals surface area contributed by atoms with Gasteiger partial charge in [0.1, 0.15) is 0 Å². The highest BCUT2D eigenvalue weighted by molar-refractivity contribution is 5.87. The molecule has 2 amide bonds. The molecule has 6 heteroatoms. The van der Waals surface area contributed by atoms with Crippen LogP contribution < -0.4 is 5.32 Å². The molecule has 1 rings (SSSR count). The Labute approximate surface area is 118 Å². The summed E-state index contributed by atoms with van der Waals surface area (Å²) in [6.45, 7) is 5.11. The van der Waals surface area contributed by atoms with Gasteiger partial charge < -0.3 is 15.3 Å². The van der Waals surface area contributed by atoms with Crippen LogP contribution in [0.3, 0.4) is 0 Å². The van der Waals surface area contributed by atoms with Crippen molar-refractivity contribution in [3.05, 3.63) is 29.6 Å². The van der Waals surface area contributed by atoms with Gasteiger partial charge in [0.05, 0.1) is 17.8 Å². The van der Waals surface area contributed by atoms with Gasteiger partial charge in [-0.15, -0.1) is 0 Å². The number of carboxylic acid groups (broad SMARTS) is 1. The molecule has 0 bridgehead atoms. The van der Waals surface area contributed by atoms with E-state index >= 15 is 0 Å². The van der Waals surface area contributed by atoms with Crippen LogP contribution >= 0.6 is 0 Å². The van der Waals surface area contributed by atoms with Gasteiger partial charge in [0, 0.05) is 19.8 Å². The molecule has 0 aliphatic rings. The number of carbonyl (C=O) groups is 2. The largest absolute Gasteiger partial charge is 0.478 e. The molecule has 0 unspecified atom stereocenters. The van der Waals surface area contributed by atoms with E-state index < -0.39 is 5.97 Å². The van der Waals surface area contributed by atoms with E-state index in [1.807, 2.05) is 0 Å². The van der Waals surface area contributed by atoms with Crippen molar-refractivity contribution >= 4 is 12.0 Å². The second-order valence-electron chi connectivity index (χ2n) is 5.10. The van der Waals surface area contributed by atoms with Crippen LogP contribution in [-0.2, 0) is 6.54 Å². The highest BCUT2D eigenvalue weighted by atomic mass is 16.4. The first-order valence-electron chi connectivity index (χ1n) is 6.57. The molecule has 1 aromatic heterocycles. The van der Waals surface area contributed by atoms with E-state index in [0.29, 0.717) is 18.2 Å². The minimum absolute atomic E-state index is 0.164. The fourth-order valence-electron chi connectivity index (χ4n) is 1.56. The molecule has 0 aliphatic carbocycles. The highest BCUT2D eigenvalue weighted by Crippen LogP contribution is 2.03. The fraction of sp³-hybridized carbons (Fsp3) is 0.500. The molecule has 0 atom stereocenters. The lowest BCUT2D eigenvalue weighted by molar-refractivity contribution is 0.0696. The van der Waals surface area contributed by atoms with E-state index in [4.69, 9.17) is 5.11 Å². The normalized spacial score (nSPS) is 10.4. The quantitative estimate of drug-likeness (QED) is 0.834. The fourth-order valence-corrected chi connectivity index (χ4v) is 1.56. The number of aromatic carboxylic acids is 1. The molecule has 0 saturated heterocycles. The van der Waals surface area contributed by atoms with Crippen LogP contribution in [0, 0.1) is 5.92 Å². The average molecular weight is 279 g/mol. The van der Waals surface area contributed by atoms with E-state index in [-0.39, 0.29) is 18.1 Å². The molecule has 2 N–H and O–H groups in total. The van der Waals surface area contributed by atoms with Crippen LogP contribution in [0.4, 0.5) is 4.79 Å². The van der Waals surface area contributed by atoms with E-state index in [9.17, 15) is 9.59 Å². The van der Waals surface area contributed by atoms with Crippen molar-refractivity contribution in [2.45, 2.75) is 26.8 Å². The van der Waals surface area contributed by atoms with Crippen molar-refractivity contribution in [2.75, 3.05) is 13.6 Å². The summed E-state index contributed by atoms with van der Waals surface area (Å²) in [5, 5.41) is 11.6. The van der Waals surface area contributed by atoms with Crippen LogP contribution in [0.2, 0.25) is 0 Å². The molecule has 1 heterocycles. The van der Waals surface area contributed by atoms with Gasteiger partial charge in [-0.3, -0.25) is 4.98 Å². The smallest absolute Gasteiger partial charge is 0.335 e.